The molecule has 0 aliphatic carbocycles. The Morgan fingerprint density at radius 1 is 1.24 bits per heavy atom. The van der Waals surface area contributed by atoms with Gasteiger partial charge in [0, 0.05) is 11.9 Å². The summed E-state index contributed by atoms with van der Waals surface area (Å²) in [4.78, 5) is 8.13. The van der Waals surface area contributed by atoms with Crippen molar-refractivity contribution in [3.63, 3.8) is 0 Å². The van der Waals surface area contributed by atoms with Crippen LogP contribution in [0.1, 0.15) is 16.5 Å². The number of para-hydroxylation sites is 1. The minimum Gasteiger partial charge on any atom is -0.357 e. The number of hydrogen-bond acceptors (Lipinski definition) is 3. The fourth-order valence-corrected chi connectivity index (χ4v) is 3.06. The number of likely N-dealkylation sites (N-methyl/N-ethyl adjacent to an activating group) is 1. The van der Waals surface area contributed by atoms with Crippen LogP contribution in [-0.2, 0) is 6.42 Å². The van der Waals surface area contributed by atoms with Gasteiger partial charge in [0.25, 0.3) is 0 Å². The maximum Gasteiger partial charge on any atom is 0.0915 e. The fourth-order valence-electron chi connectivity index (χ4n) is 2.18. The first-order chi connectivity index (χ1) is 8.34. The Hall–Kier alpha value is -1.61. The summed E-state index contributed by atoms with van der Waals surface area (Å²) in [6.45, 7) is 0. The summed E-state index contributed by atoms with van der Waals surface area (Å²) >= 11 is 1.81. The summed E-state index contributed by atoms with van der Waals surface area (Å²) in [6, 6.07) is 13.1. The molecule has 0 amide bonds. The van der Waals surface area contributed by atoms with Crippen LogP contribution in [0.5, 0.6) is 0 Å². The van der Waals surface area contributed by atoms with E-state index >= 15 is 0 Å². The van der Waals surface area contributed by atoms with Crippen molar-refractivity contribution >= 4 is 23.4 Å². The first-order valence-electron chi connectivity index (χ1n) is 5.72. The topological polar surface area (TPSA) is 15.6 Å². The zero-order chi connectivity index (χ0) is 11.7. The molecule has 3 heteroatoms. The van der Waals surface area contributed by atoms with Crippen molar-refractivity contribution in [2.75, 3.05) is 7.05 Å². The van der Waals surface area contributed by atoms with Crippen LogP contribution in [0.15, 0.2) is 46.8 Å². The van der Waals surface area contributed by atoms with Gasteiger partial charge in [0.05, 0.1) is 18.1 Å². The summed E-state index contributed by atoms with van der Waals surface area (Å²) < 4.78 is 0. The lowest BCUT2D eigenvalue weighted by molar-refractivity contribution is 0.392. The van der Waals surface area contributed by atoms with Gasteiger partial charge >= 0.3 is 0 Å². The van der Waals surface area contributed by atoms with E-state index in [4.69, 9.17) is 0 Å². The van der Waals surface area contributed by atoms with E-state index in [-0.39, 0.29) is 0 Å². The first-order valence-corrected chi connectivity index (χ1v) is 6.60. The Balaban J connectivity index is 2.01. The molecule has 0 saturated heterocycles. The van der Waals surface area contributed by atoms with Crippen molar-refractivity contribution < 1.29 is 0 Å². The predicted molar refractivity (Wildman–Crippen MR) is 73.1 cm³/mol. The van der Waals surface area contributed by atoms with Crippen molar-refractivity contribution in [3.05, 3.63) is 52.2 Å². The average Bonchev–Trinajstić information content (AvgIpc) is 2.82. The van der Waals surface area contributed by atoms with E-state index in [1.165, 1.54) is 10.4 Å². The lowest BCUT2D eigenvalue weighted by atomic mass is 10.0. The molecule has 0 radical (unpaired) electrons. The van der Waals surface area contributed by atoms with E-state index in [0.717, 1.165) is 12.1 Å². The molecule has 1 atom stereocenters. The van der Waals surface area contributed by atoms with Gasteiger partial charge in [0.1, 0.15) is 0 Å². The Morgan fingerprint density at radius 3 is 2.94 bits per heavy atom. The van der Waals surface area contributed by atoms with Gasteiger partial charge < -0.3 is 4.90 Å². The average molecular weight is 242 g/mol. The summed E-state index contributed by atoms with van der Waals surface area (Å²) in [5.41, 5.74) is 2.42. The largest absolute Gasteiger partial charge is 0.357 e. The Labute approximate surface area is 105 Å². The molecule has 2 nitrogen and oxygen atoms in total. The van der Waals surface area contributed by atoms with Gasteiger partial charge in [-0.15, -0.1) is 11.3 Å². The molecule has 0 bridgehead atoms. The van der Waals surface area contributed by atoms with Gasteiger partial charge in [0.2, 0.25) is 0 Å². The smallest absolute Gasteiger partial charge is 0.0915 e. The van der Waals surface area contributed by atoms with Gasteiger partial charge in [0.15, 0.2) is 0 Å². The van der Waals surface area contributed by atoms with Gasteiger partial charge in [-0.25, -0.2) is 4.99 Å². The maximum absolute atomic E-state index is 4.53. The second kappa shape index (κ2) is 4.34. The molecule has 1 aliphatic heterocycles. The minimum atomic E-state index is 0.405. The molecule has 1 aliphatic rings. The lowest BCUT2D eigenvalue weighted by Crippen LogP contribution is -2.22. The highest BCUT2D eigenvalue weighted by atomic mass is 32.1. The molecule has 1 unspecified atom stereocenters. The van der Waals surface area contributed by atoms with Crippen molar-refractivity contribution in [3.8, 4) is 0 Å². The Bertz CT molecular complexity index is 531. The monoisotopic (exact) mass is 242 g/mol. The van der Waals surface area contributed by atoms with E-state index in [9.17, 15) is 0 Å². The van der Waals surface area contributed by atoms with Crippen LogP contribution in [0.4, 0.5) is 5.69 Å². The summed E-state index contributed by atoms with van der Waals surface area (Å²) in [6.07, 6.45) is 2.96. The third kappa shape index (κ3) is 1.98. The number of fused-ring (bicyclic) bond motifs is 1. The van der Waals surface area contributed by atoms with Crippen LogP contribution in [-0.4, -0.2) is 18.3 Å². The van der Waals surface area contributed by atoms with Crippen molar-refractivity contribution in [2.24, 2.45) is 4.99 Å². The second-order valence-electron chi connectivity index (χ2n) is 4.27. The molecule has 2 aromatic rings. The standard InChI is InChI=1S/C14H14N2S/c1-16-10-15-12-6-3-2-5-11(12)9-13(16)14-7-4-8-17-14/h2-8,10,13H,9H2,1H3. The number of nitrogens with zero attached hydrogens (tertiary/aromatic N) is 2. The highest BCUT2D eigenvalue weighted by Crippen LogP contribution is 2.32. The zero-order valence-electron chi connectivity index (χ0n) is 9.71. The van der Waals surface area contributed by atoms with Crippen LogP contribution in [0.3, 0.4) is 0 Å². The van der Waals surface area contributed by atoms with Crippen molar-refractivity contribution in [1.29, 1.82) is 0 Å². The number of aliphatic imine (C=N–C) groups is 1. The van der Waals surface area contributed by atoms with Gasteiger partial charge in [-0.3, -0.25) is 0 Å². The summed E-state index contributed by atoms with van der Waals surface area (Å²) in [7, 11) is 2.10. The first kappa shape index (κ1) is 10.5. The van der Waals surface area contributed by atoms with Crippen LogP contribution >= 0.6 is 11.3 Å². The molecule has 1 aromatic carbocycles. The van der Waals surface area contributed by atoms with Crippen molar-refractivity contribution in [1.82, 2.24) is 4.90 Å². The lowest BCUT2D eigenvalue weighted by Gasteiger charge is -2.23. The van der Waals surface area contributed by atoms with E-state index in [0.29, 0.717) is 6.04 Å². The molecule has 0 saturated carbocycles. The molecule has 0 N–H and O–H groups in total. The van der Waals surface area contributed by atoms with Crippen LogP contribution in [0, 0.1) is 0 Å². The predicted octanol–water partition coefficient (Wildman–Crippen LogP) is 3.64. The molecular weight excluding hydrogens is 228 g/mol. The summed E-state index contributed by atoms with van der Waals surface area (Å²) in [5.74, 6) is 0. The Morgan fingerprint density at radius 2 is 2.12 bits per heavy atom. The molecular formula is C14H14N2S. The van der Waals surface area contributed by atoms with Crippen LogP contribution in [0.2, 0.25) is 0 Å². The fraction of sp³-hybridized carbons (Fsp3) is 0.214. The maximum atomic E-state index is 4.53. The number of benzene rings is 1. The van der Waals surface area contributed by atoms with E-state index in [1.807, 2.05) is 23.7 Å². The molecule has 17 heavy (non-hydrogen) atoms. The normalized spacial score (nSPS) is 18.9. The second-order valence-corrected chi connectivity index (χ2v) is 5.25. The van der Waals surface area contributed by atoms with Gasteiger partial charge in [-0.2, -0.15) is 0 Å². The SMILES string of the molecule is CN1C=Nc2ccccc2CC1c1cccs1. The molecule has 0 spiro atoms. The number of hydrogen-bond donors (Lipinski definition) is 0. The van der Waals surface area contributed by atoms with Crippen molar-refractivity contribution in [2.45, 2.75) is 12.5 Å². The number of thiophene rings is 1. The molecule has 0 fully saturated rings. The molecule has 1 aromatic heterocycles. The third-order valence-corrected chi connectivity index (χ3v) is 4.12. The highest BCUT2D eigenvalue weighted by molar-refractivity contribution is 7.10. The van der Waals surface area contributed by atoms with Crippen LogP contribution < -0.4 is 0 Å². The van der Waals surface area contributed by atoms with E-state index < -0.39 is 0 Å². The van der Waals surface area contributed by atoms with E-state index in [2.05, 4.69) is 52.7 Å². The molecule has 3 rings (SSSR count). The highest BCUT2D eigenvalue weighted by Gasteiger charge is 2.20. The van der Waals surface area contributed by atoms with E-state index in [1.54, 1.807) is 0 Å². The Kier molecular flexibility index (Phi) is 2.69. The quantitative estimate of drug-likeness (QED) is 0.745. The zero-order valence-corrected chi connectivity index (χ0v) is 10.5. The van der Waals surface area contributed by atoms with Crippen LogP contribution in [0.25, 0.3) is 0 Å². The van der Waals surface area contributed by atoms with Gasteiger partial charge in [-0.1, -0.05) is 24.3 Å². The summed E-state index contributed by atoms with van der Waals surface area (Å²) in [5, 5.41) is 2.14. The minimum absolute atomic E-state index is 0.405. The molecule has 2 heterocycles. The van der Waals surface area contributed by atoms with Gasteiger partial charge in [-0.05, 0) is 29.5 Å². The number of rotatable bonds is 1. The third-order valence-electron chi connectivity index (χ3n) is 3.15. The molecule has 86 valence electrons.